The van der Waals surface area contributed by atoms with Crippen molar-refractivity contribution in [1.82, 2.24) is 4.90 Å². The Hall–Kier alpha value is -1.04. The highest BCUT2D eigenvalue weighted by molar-refractivity contribution is 7.99. The third-order valence-corrected chi connectivity index (χ3v) is 4.42. The van der Waals surface area contributed by atoms with E-state index in [9.17, 15) is 4.79 Å². The number of morpholine rings is 1. The van der Waals surface area contributed by atoms with E-state index < -0.39 is 5.97 Å². The zero-order valence-corrected chi connectivity index (χ0v) is 11.9. The van der Waals surface area contributed by atoms with Crippen LogP contribution in [-0.4, -0.2) is 54.1 Å². The van der Waals surface area contributed by atoms with Crippen molar-refractivity contribution in [2.24, 2.45) is 0 Å². The molecule has 1 atom stereocenters. The number of hydrogen-bond acceptors (Lipinski definition) is 4. The van der Waals surface area contributed by atoms with Gasteiger partial charge in [0.15, 0.2) is 0 Å². The predicted molar refractivity (Wildman–Crippen MR) is 76.0 cm³/mol. The first-order valence-electron chi connectivity index (χ1n) is 6.49. The van der Waals surface area contributed by atoms with Crippen LogP contribution in [-0.2, 0) is 4.74 Å². The second-order valence-corrected chi connectivity index (χ2v) is 5.56. The molecule has 19 heavy (non-hydrogen) atoms. The largest absolute Gasteiger partial charge is 0.478 e. The topological polar surface area (TPSA) is 49.8 Å². The number of aromatic carboxylic acids is 1. The van der Waals surface area contributed by atoms with Crippen molar-refractivity contribution in [2.45, 2.75) is 17.9 Å². The Balaban J connectivity index is 1.93. The van der Waals surface area contributed by atoms with Crippen molar-refractivity contribution in [3.05, 3.63) is 29.8 Å². The third kappa shape index (κ3) is 3.96. The van der Waals surface area contributed by atoms with Crippen molar-refractivity contribution in [3.63, 3.8) is 0 Å². The minimum Gasteiger partial charge on any atom is -0.478 e. The Morgan fingerprint density at radius 3 is 3.05 bits per heavy atom. The highest BCUT2D eigenvalue weighted by atomic mass is 32.2. The Bertz CT molecular complexity index is 438. The molecule has 1 fully saturated rings. The van der Waals surface area contributed by atoms with E-state index in [0.717, 1.165) is 36.9 Å². The maximum Gasteiger partial charge on any atom is 0.336 e. The molecule has 0 bridgehead atoms. The quantitative estimate of drug-likeness (QED) is 0.839. The second-order valence-electron chi connectivity index (χ2n) is 4.50. The van der Waals surface area contributed by atoms with E-state index in [1.54, 1.807) is 23.9 Å². The molecule has 0 saturated carbocycles. The molecule has 0 spiro atoms. The molecule has 0 aliphatic carbocycles. The molecule has 2 rings (SSSR count). The lowest BCUT2D eigenvalue weighted by Gasteiger charge is -2.31. The Morgan fingerprint density at radius 1 is 1.53 bits per heavy atom. The summed E-state index contributed by atoms with van der Waals surface area (Å²) in [6, 6.07) is 7.12. The van der Waals surface area contributed by atoms with E-state index in [0.29, 0.717) is 5.56 Å². The molecular weight excluding hydrogens is 262 g/mol. The van der Waals surface area contributed by atoms with Crippen LogP contribution >= 0.6 is 11.8 Å². The minimum atomic E-state index is -0.872. The highest BCUT2D eigenvalue weighted by Gasteiger charge is 2.20. The number of likely N-dealkylation sites (N-methyl/N-ethyl adjacent to an activating group) is 1. The third-order valence-electron chi connectivity index (χ3n) is 3.21. The molecule has 1 aromatic carbocycles. The van der Waals surface area contributed by atoms with E-state index in [-0.39, 0.29) is 6.10 Å². The number of carbonyl (C=O) groups is 1. The molecule has 1 saturated heterocycles. The zero-order valence-electron chi connectivity index (χ0n) is 11.0. The summed E-state index contributed by atoms with van der Waals surface area (Å²) in [7, 11) is 0. The standard InChI is InChI=1S/C14H19NO3S/c1-2-15-7-8-18-11(9-15)10-19-13-6-4-3-5-12(13)14(16)17/h3-6,11H,2,7-10H2,1H3,(H,16,17). The van der Waals surface area contributed by atoms with Gasteiger partial charge in [-0.05, 0) is 18.7 Å². The van der Waals surface area contributed by atoms with Crippen molar-refractivity contribution < 1.29 is 14.6 Å². The molecule has 1 aliphatic rings. The van der Waals surface area contributed by atoms with Gasteiger partial charge in [-0.15, -0.1) is 11.8 Å². The van der Waals surface area contributed by atoms with Crippen LogP contribution in [0.1, 0.15) is 17.3 Å². The van der Waals surface area contributed by atoms with Crippen LogP contribution in [0.5, 0.6) is 0 Å². The average Bonchev–Trinajstić information content (AvgIpc) is 2.45. The van der Waals surface area contributed by atoms with Gasteiger partial charge in [0.1, 0.15) is 0 Å². The maximum absolute atomic E-state index is 11.1. The van der Waals surface area contributed by atoms with Crippen LogP contribution in [0.25, 0.3) is 0 Å². The van der Waals surface area contributed by atoms with Gasteiger partial charge in [-0.25, -0.2) is 4.79 Å². The number of thioether (sulfide) groups is 1. The van der Waals surface area contributed by atoms with E-state index in [2.05, 4.69) is 11.8 Å². The van der Waals surface area contributed by atoms with E-state index >= 15 is 0 Å². The van der Waals surface area contributed by atoms with E-state index in [4.69, 9.17) is 9.84 Å². The van der Waals surface area contributed by atoms with Gasteiger partial charge >= 0.3 is 5.97 Å². The molecule has 1 aromatic rings. The SMILES string of the molecule is CCN1CCOC(CSc2ccccc2C(=O)O)C1. The summed E-state index contributed by atoms with van der Waals surface area (Å²) in [4.78, 5) is 14.3. The van der Waals surface area contributed by atoms with Gasteiger partial charge in [0.2, 0.25) is 0 Å². The molecule has 1 aliphatic heterocycles. The Kier molecular flexibility index (Phi) is 5.24. The first-order valence-corrected chi connectivity index (χ1v) is 7.48. The van der Waals surface area contributed by atoms with Gasteiger partial charge < -0.3 is 9.84 Å². The molecule has 1 N–H and O–H groups in total. The molecular formula is C14H19NO3S. The summed E-state index contributed by atoms with van der Waals surface area (Å²) in [6.07, 6.45) is 0.181. The maximum atomic E-state index is 11.1. The molecule has 1 heterocycles. The molecule has 0 radical (unpaired) electrons. The summed E-state index contributed by atoms with van der Waals surface area (Å²) >= 11 is 1.56. The zero-order chi connectivity index (χ0) is 13.7. The fourth-order valence-electron chi connectivity index (χ4n) is 2.12. The van der Waals surface area contributed by atoms with Crippen molar-refractivity contribution in [3.8, 4) is 0 Å². The monoisotopic (exact) mass is 281 g/mol. The van der Waals surface area contributed by atoms with E-state index in [1.165, 1.54) is 0 Å². The summed E-state index contributed by atoms with van der Waals surface area (Å²) in [5.41, 5.74) is 0.371. The first kappa shape index (κ1) is 14.4. The van der Waals surface area contributed by atoms with E-state index in [1.807, 2.05) is 12.1 Å². The molecule has 0 amide bonds. The molecule has 0 aromatic heterocycles. The number of carboxylic acid groups (broad SMARTS) is 1. The van der Waals surface area contributed by atoms with Gasteiger partial charge in [0.25, 0.3) is 0 Å². The summed E-state index contributed by atoms with van der Waals surface area (Å²) in [5.74, 6) is -0.0799. The lowest BCUT2D eigenvalue weighted by Crippen LogP contribution is -2.43. The van der Waals surface area contributed by atoms with Gasteiger partial charge in [-0.1, -0.05) is 19.1 Å². The minimum absolute atomic E-state index is 0.181. The van der Waals surface area contributed by atoms with Crippen LogP contribution in [0.2, 0.25) is 0 Å². The van der Waals surface area contributed by atoms with Crippen LogP contribution in [0.15, 0.2) is 29.2 Å². The Labute approximate surface area is 117 Å². The van der Waals surface area contributed by atoms with Crippen LogP contribution in [0, 0.1) is 0 Å². The normalized spacial score (nSPS) is 20.4. The molecule has 5 heteroatoms. The number of ether oxygens (including phenoxy) is 1. The fourth-order valence-corrected chi connectivity index (χ4v) is 3.17. The summed E-state index contributed by atoms with van der Waals surface area (Å²) in [5, 5.41) is 9.13. The molecule has 4 nitrogen and oxygen atoms in total. The molecule has 104 valence electrons. The van der Waals surface area contributed by atoms with Gasteiger partial charge in [0.05, 0.1) is 18.3 Å². The van der Waals surface area contributed by atoms with Gasteiger partial charge in [-0.3, -0.25) is 4.90 Å². The predicted octanol–water partition coefficient (Wildman–Crippen LogP) is 2.20. The lowest BCUT2D eigenvalue weighted by atomic mass is 10.2. The number of carboxylic acids is 1. The number of rotatable bonds is 5. The van der Waals surface area contributed by atoms with Crippen LogP contribution in [0.3, 0.4) is 0 Å². The number of benzene rings is 1. The highest BCUT2D eigenvalue weighted by Crippen LogP contribution is 2.24. The first-order chi connectivity index (χ1) is 9.20. The summed E-state index contributed by atoms with van der Waals surface area (Å²) in [6.45, 7) is 5.87. The lowest BCUT2D eigenvalue weighted by molar-refractivity contribution is -0.0137. The summed E-state index contributed by atoms with van der Waals surface area (Å²) < 4.78 is 5.72. The Morgan fingerprint density at radius 2 is 2.32 bits per heavy atom. The van der Waals surface area contributed by atoms with Crippen molar-refractivity contribution >= 4 is 17.7 Å². The number of hydrogen-bond donors (Lipinski definition) is 1. The van der Waals surface area contributed by atoms with Crippen LogP contribution in [0.4, 0.5) is 0 Å². The second kappa shape index (κ2) is 6.93. The fraction of sp³-hybridized carbons (Fsp3) is 0.500. The van der Waals surface area contributed by atoms with Crippen LogP contribution < -0.4 is 0 Å². The smallest absolute Gasteiger partial charge is 0.336 e. The van der Waals surface area contributed by atoms with Crippen molar-refractivity contribution in [1.29, 1.82) is 0 Å². The molecule has 1 unspecified atom stereocenters. The van der Waals surface area contributed by atoms with Crippen molar-refractivity contribution in [2.75, 3.05) is 32.0 Å². The average molecular weight is 281 g/mol. The number of nitrogens with zero attached hydrogens (tertiary/aromatic N) is 1. The van der Waals surface area contributed by atoms with Gasteiger partial charge in [0, 0.05) is 23.7 Å². The van der Waals surface area contributed by atoms with Gasteiger partial charge in [-0.2, -0.15) is 0 Å².